The second-order valence-electron chi connectivity index (χ2n) is 6.40. The fraction of sp³-hybridized carbons (Fsp3) is 0.316. The highest BCUT2D eigenvalue weighted by molar-refractivity contribution is 6.30. The molecule has 0 aliphatic rings. The van der Waals surface area contributed by atoms with Crippen molar-refractivity contribution in [3.63, 3.8) is 0 Å². The second-order valence-corrected chi connectivity index (χ2v) is 6.83. The summed E-state index contributed by atoms with van der Waals surface area (Å²) in [4.78, 5) is 12.2. The lowest BCUT2D eigenvalue weighted by Gasteiger charge is -2.16. The van der Waals surface area contributed by atoms with E-state index in [0.29, 0.717) is 13.2 Å². The number of hydrogen-bond acceptors (Lipinski definition) is 2. The van der Waals surface area contributed by atoms with E-state index in [2.05, 4.69) is 0 Å². The minimum Gasteiger partial charge on any atom is -0.372 e. The van der Waals surface area contributed by atoms with Crippen molar-refractivity contribution in [1.82, 2.24) is 0 Å². The number of carbonyl (C=O) groups excluding carboxylic acids is 1. The molecule has 0 fully saturated rings. The molecule has 0 heterocycles. The molecule has 116 valence electrons. The first-order chi connectivity index (χ1) is 10.4. The van der Waals surface area contributed by atoms with E-state index in [9.17, 15) is 4.79 Å². The highest BCUT2D eigenvalue weighted by Crippen LogP contribution is 2.21. The first-order valence-electron chi connectivity index (χ1n) is 7.32. The average Bonchev–Trinajstić information content (AvgIpc) is 2.48. The largest absolute Gasteiger partial charge is 0.372 e. The van der Waals surface area contributed by atoms with E-state index in [1.54, 1.807) is 0 Å². The third kappa shape index (κ3) is 4.69. The maximum Gasteiger partial charge on any atom is 0.168 e. The van der Waals surface area contributed by atoms with Gasteiger partial charge in [0.15, 0.2) is 5.78 Å². The lowest BCUT2D eigenvalue weighted by Crippen LogP contribution is -2.20. The Morgan fingerprint density at radius 2 is 1.36 bits per heavy atom. The number of benzene rings is 2. The second kappa shape index (κ2) is 7.08. The topological polar surface area (TPSA) is 26.3 Å². The van der Waals surface area contributed by atoms with Gasteiger partial charge in [0.25, 0.3) is 0 Å². The standard InChI is InChI=1S/C19H21ClO2/c1-19(2,3)18(21)16-8-4-14(5-9-16)12-22-13-15-6-10-17(20)11-7-15/h4-11H,12-13H2,1-3H3. The molecule has 3 heteroatoms. The van der Waals surface area contributed by atoms with E-state index in [-0.39, 0.29) is 11.2 Å². The Hall–Kier alpha value is -1.64. The first kappa shape index (κ1) is 16.7. The molecular weight excluding hydrogens is 296 g/mol. The lowest BCUT2D eigenvalue weighted by molar-refractivity contribution is 0.0858. The zero-order valence-corrected chi connectivity index (χ0v) is 14.0. The molecule has 0 aliphatic heterocycles. The van der Waals surface area contributed by atoms with E-state index in [1.165, 1.54) is 0 Å². The van der Waals surface area contributed by atoms with Gasteiger partial charge in [0.05, 0.1) is 13.2 Å². The predicted molar refractivity (Wildman–Crippen MR) is 90.2 cm³/mol. The van der Waals surface area contributed by atoms with Crippen LogP contribution in [0.4, 0.5) is 0 Å². The Labute approximate surface area is 137 Å². The summed E-state index contributed by atoms with van der Waals surface area (Å²) >= 11 is 5.85. The highest BCUT2D eigenvalue weighted by Gasteiger charge is 2.22. The van der Waals surface area contributed by atoms with Crippen LogP contribution in [0.1, 0.15) is 42.3 Å². The van der Waals surface area contributed by atoms with Gasteiger partial charge in [0.1, 0.15) is 0 Å². The van der Waals surface area contributed by atoms with Gasteiger partial charge in [0, 0.05) is 16.0 Å². The monoisotopic (exact) mass is 316 g/mol. The van der Waals surface area contributed by atoms with Crippen molar-refractivity contribution < 1.29 is 9.53 Å². The van der Waals surface area contributed by atoms with Gasteiger partial charge in [-0.15, -0.1) is 0 Å². The van der Waals surface area contributed by atoms with Crippen LogP contribution < -0.4 is 0 Å². The molecule has 0 N–H and O–H groups in total. The van der Waals surface area contributed by atoms with E-state index in [1.807, 2.05) is 69.3 Å². The van der Waals surface area contributed by atoms with Gasteiger partial charge in [-0.05, 0) is 23.3 Å². The molecule has 2 nitrogen and oxygen atoms in total. The first-order valence-corrected chi connectivity index (χ1v) is 7.70. The normalized spacial score (nSPS) is 11.5. The molecule has 22 heavy (non-hydrogen) atoms. The van der Waals surface area contributed by atoms with Gasteiger partial charge >= 0.3 is 0 Å². The molecule has 0 spiro atoms. The molecule has 2 rings (SSSR count). The molecule has 0 aromatic heterocycles. The molecule has 2 aromatic carbocycles. The molecule has 0 saturated carbocycles. The molecule has 0 amide bonds. The van der Waals surface area contributed by atoms with Gasteiger partial charge in [-0.25, -0.2) is 0 Å². The van der Waals surface area contributed by atoms with Crippen LogP contribution in [0.25, 0.3) is 0 Å². The Balaban J connectivity index is 1.89. The van der Waals surface area contributed by atoms with Gasteiger partial charge in [-0.3, -0.25) is 4.79 Å². The average molecular weight is 317 g/mol. The SMILES string of the molecule is CC(C)(C)C(=O)c1ccc(COCc2ccc(Cl)cc2)cc1. The van der Waals surface area contributed by atoms with Crippen molar-refractivity contribution >= 4 is 17.4 Å². The number of hydrogen-bond donors (Lipinski definition) is 0. The maximum atomic E-state index is 12.2. The highest BCUT2D eigenvalue weighted by atomic mass is 35.5. The van der Waals surface area contributed by atoms with Crippen molar-refractivity contribution in [2.24, 2.45) is 5.41 Å². The summed E-state index contributed by atoms with van der Waals surface area (Å²) < 4.78 is 5.69. The summed E-state index contributed by atoms with van der Waals surface area (Å²) in [7, 11) is 0. The number of ether oxygens (including phenoxy) is 1. The zero-order valence-electron chi connectivity index (χ0n) is 13.2. The Morgan fingerprint density at radius 3 is 1.82 bits per heavy atom. The number of rotatable bonds is 5. The van der Waals surface area contributed by atoms with Crippen molar-refractivity contribution in [2.75, 3.05) is 0 Å². The Morgan fingerprint density at radius 1 is 0.909 bits per heavy atom. The summed E-state index contributed by atoms with van der Waals surface area (Å²) in [5.74, 6) is 0.154. The zero-order chi connectivity index (χ0) is 16.2. The van der Waals surface area contributed by atoms with Crippen molar-refractivity contribution in [1.29, 1.82) is 0 Å². The van der Waals surface area contributed by atoms with Crippen molar-refractivity contribution in [3.8, 4) is 0 Å². The van der Waals surface area contributed by atoms with Crippen LogP contribution in [0, 0.1) is 5.41 Å². The van der Waals surface area contributed by atoms with Gasteiger partial charge in [0.2, 0.25) is 0 Å². The summed E-state index contributed by atoms with van der Waals surface area (Å²) in [6.45, 7) is 6.85. The number of ketones is 1. The minimum absolute atomic E-state index is 0.154. The number of Topliss-reactive ketones (excluding diaryl/α,β-unsaturated/α-hetero) is 1. The third-order valence-electron chi connectivity index (χ3n) is 3.35. The molecule has 0 unspecified atom stereocenters. The minimum atomic E-state index is -0.355. The van der Waals surface area contributed by atoms with Crippen LogP contribution in [-0.4, -0.2) is 5.78 Å². The summed E-state index contributed by atoms with van der Waals surface area (Å²) in [5, 5.41) is 0.725. The van der Waals surface area contributed by atoms with E-state index in [0.717, 1.165) is 21.7 Å². The number of carbonyl (C=O) groups is 1. The van der Waals surface area contributed by atoms with Crippen LogP contribution in [0.5, 0.6) is 0 Å². The Kier molecular flexibility index (Phi) is 5.38. The van der Waals surface area contributed by atoms with Crippen LogP contribution in [0.15, 0.2) is 48.5 Å². The molecule has 0 radical (unpaired) electrons. The lowest BCUT2D eigenvalue weighted by atomic mass is 9.86. The van der Waals surface area contributed by atoms with Crippen LogP contribution in [-0.2, 0) is 18.0 Å². The van der Waals surface area contributed by atoms with E-state index < -0.39 is 0 Å². The Bertz CT molecular complexity index is 622. The summed E-state index contributed by atoms with van der Waals surface area (Å²) in [6.07, 6.45) is 0. The van der Waals surface area contributed by atoms with Crippen LogP contribution >= 0.6 is 11.6 Å². The molecule has 0 saturated heterocycles. The maximum absolute atomic E-state index is 12.2. The van der Waals surface area contributed by atoms with Crippen LogP contribution in [0.2, 0.25) is 5.02 Å². The third-order valence-corrected chi connectivity index (χ3v) is 3.60. The van der Waals surface area contributed by atoms with Crippen molar-refractivity contribution in [2.45, 2.75) is 34.0 Å². The quantitative estimate of drug-likeness (QED) is 0.701. The smallest absolute Gasteiger partial charge is 0.168 e. The predicted octanol–water partition coefficient (Wildman–Crippen LogP) is 5.29. The van der Waals surface area contributed by atoms with Gasteiger partial charge < -0.3 is 4.74 Å². The number of halogens is 1. The molecule has 0 aliphatic carbocycles. The van der Waals surface area contributed by atoms with E-state index >= 15 is 0 Å². The van der Waals surface area contributed by atoms with Crippen molar-refractivity contribution in [3.05, 3.63) is 70.2 Å². The fourth-order valence-electron chi connectivity index (χ4n) is 2.05. The van der Waals surface area contributed by atoms with Gasteiger partial charge in [-0.1, -0.05) is 68.8 Å². The molecule has 0 bridgehead atoms. The molecule has 2 aromatic rings. The van der Waals surface area contributed by atoms with E-state index in [4.69, 9.17) is 16.3 Å². The van der Waals surface area contributed by atoms with Crippen LogP contribution in [0.3, 0.4) is 0 Å². The summed E-state index contributed by atoms with van der Waals surface area (Å²) in [6, 6.07) is 15.2. The summed E-state index contributed by atoms with van der Waals surface area (Å²) in [5.41, 5.74) is 2.53. The molecule has 0 atom stereocenters. The molecular formula is C19H21ClO2. The fourth-order valence-corrected chi connectivity index (χ4v) is 2.18. The van der Waals surface area contributed by atoms with Gasteiger partial charge in [-0.2, -0.15) is 0 Å².